The molecule has 1 unspecified atom stereocenters. The van der Waals surface area contributed by atoms with Gasteiger partial charge in [0.25, 0.3) is 0 Å². The van der Waals surface area contributed by atoms with Crippen LogP contribution in [0, 0.1) is 0 Å². The van der Waals surface area contributed by atoms with Gasteiger partial charge in [-0.25, -0.2) is 0 Å². The lowest BCUT2D eigenvalue weighted by Gasteiger charge is -2.21. The van der Waals surface area contributed by atoms with E-state index in [1.807, 2.05) is 0 Å². The fraction of sp³-hybridized carbons (Fsp3) is 0.750. The zero-order chi connectivity index (χ0) is 9.14. The molecular formula is C8H13NO3. The number of likely N-dealkylation sites (tertiary alicyclic amines) is 1. The van der Waals surface area contributed by atoms with Gasteiger partial charge in [-0.2, -0.15) is 0 Å². The van der Waals surface area contributed by atoms with Crippen LogP contribution in [0.2, 0.25) is 0 Å². The maximum atomic E-state index is 11.1. The number of ketones is 1. The lowest BCUT2D eigenvalue weighted by atomic mass is 10.1. The summed E-state index contributed by atoms with van der Waals surface area (Å²) < 4.78 is 0. The van der Waals surface area contributed by atoms with Crippen molar-refractivity contribution in [3.8, 4) is 0 Å². The molecule has 1 heterocycles. The largest absolute Gasteiger partial charge is 0.395 e. The second-order valence-electron chi connectivity index (χ2n) is 2.98. The van der Waals surface area contributed by atoms with Crippen molar-refractivity contribution in [3.63, 3.8) is 0 Å². The lowest BCUT2D eigenvalue weighted by Crippen LogP contribution is -2.39. The van der Waals surface area contributed by atoms with Crippen LogP contribution in [0.5, 0.6) is 0 Å². The summed E-state index contributed by atoms with van der Waals surface area (Å²) in [5, 5.41) is 8.64. The molecule has 0 bridgehead atoms. The number of Topliss-reactive ketones (excluding diaryl/α,β-unsaturated/α-hetero) is 1. The van der Waals surface area contributed by atoms with E-state index in [0.717, 1.165) is 0 Å². The Hall–Kier alpha value is -0.900. The van der Waals surface area contributed by atoms with E-state index in [2.05, 4.69) is 0 Å². The number of amides is 1. The van der Waals surface area contributed by atoms with Gasteiger partial charge in [-0.3, -0.25) is 9.59 Å². The number of hydrogen-bond donors (Lipinski definition) is 1. The number of aliphatic hydroxyl groups is 1. The molecule has 1 aliphatic rings. The number of rotatable bonds is 3. The predicted molar refractivity (Wildman–Crippen MR) is 42.5 cm³/mol. The molecule has 1 amide bonds. The Labute approximate surface area is 71.2 Å². The lowest BCUT2D eigenvalue weighted by molar-refractivity contribution is -0.134. The molecule has 1 fully saturated rings. The number of nitrogens with zero attached hydrogens (tertiary/aromatic N) is 1. The molecule has 1 rings (SSSR count). The summed E-state index contributed by atoms with van der Waals surface area (Å²) >= 11 is 0. The van der Waals surface area contributed by atoms with E-state index in [4.69, 9.17) is 5.11 Å². The van der Waals surface area contributed by atoms with Gasteiger partial charge in [-0.05, 0) is 13.3 Å². The van der Waals surface area contributed by atoms with Crippen molar-refractivity contribution >= 4 is 11.7 Å². The maximum Gasteiger partial charge on any atom is 0.223 e. The Morgan fingerprint density at radius 3 is 2.92 bits per heavy atom. The van der Waals surface area contributed by atoms with Crippen LogP contribution >= 0.6 is 0 Å². The SMILES string of the molecule is CC(=O)C1CCC(=O)N1CCO. The quantitative estimate of drug-likeness (QED) is 0.626. The molecule has 68 valence electrons. The molecule has 0 aliphatic carbocycles. The van der Waals surface area contributed by atoms with Crippen molar-refractivity contribution in [1.82, 2.24) is 4.90 Å². The molecule has 1 saturated heterocycles. The summed E-state index contributed by atoms with van der Waals surface area (Å²) in [5.41, 5.74) is 0. The van der Waals surface area contributed by atoms with Crippen molar-refractivity contribution in [1.29, 1.82) is 0 Å². The molecule has 0 saturated carbocycles. The van der Waals surface area contributed by atoms with E-state index < -0.39 is 0 Å². The highest BCUT2D eigenvalue weighted by Crippen LogP contribution is 2.18. The average molecular weight is 171 g/mol. The van der Waals surface area contributed by atoms with Crippen molar-refractivity contribution in [2.75, 3.05) is 13.2 Å². The Morgan fingerprint density at radius 2 is 2.42 bits per heavy atom. The molecule has 1 N–H and O–H groups in total. The Kier molecular flexibility index (Phi) is 2.81. The standard InChI is InChI=1S/C8H13NO3/c1-6(11)7-2-3-8(12)9(7)4-5-10/h7,10H,2-5H2,1H3. The van der Waals surface area contributed by atoms with Crippen LogP contribution in [-0.4, -0.2) is 40.9 Å². The third-order valence-corrected chi connectivity index (χ3v) is 2.14. The summed E-state index contributed by atoms with van der Waals surface area (Å²) in [6.45, 7) is 1.69. The summed E-state index contributed by atoms with van der Waals surface area (Å²) in [5.74, 6) is -0.0152. The smallest absolute Gasteiger partial charge is 0.223 e. The molecular weight excluding hydrogens is 158 g/mol. The zero-order valence-electron chi connectivity index (χ0n) is 7.12. The fourth-order valence-corrected chi connectivity index (χ4v) is 1.54. The predicted octanol–water partition coefficient (Wildman–Crippen LogP) is -0.441. The molecule has 1 atom stereocenters. The van der Waals surface area contributed by atoms with Crippen LogP contribution in [0.4, 0.5) is 0 Å². The summed E-state index contributed by atoms with van der Waals surface area (Å²) in [7, 11) is 0. The molecule has 0 aromatic carbocycles. The van der Waals surface area contributed by atoms with Crippen LogP contribution in [0.3, 0.4) is 0 Å². The monoisotopic (exact) mass is 171 g/mol. The Balaban J connectivity index is 2.63. The van der Waals surface area contributed by atoms with E-state index in [1.54, 1.807) is 0 Å². The van der Waals surface area contributed by atoms with Gasteiger partial charge in [0, 0.05) is 13.0 Å². The Morgan fingerprint density at radius 1 is 1.75 bits per heavy atom. The molecule has 0 aromatic heterocycles. The zero-order valence-corrected chi connectivity index (χ0v) is 7.12. The summed E-state index contributed by atoms with van der Waals surface area (Å²) in [4.78, 5) is 23.6. The summed E-state index contributed by atoms with van der Waals surface area (Å²) in [6, 6.07) is -0.287. The minimum absolute atomic E-state index is 0.00861. The third kappa shape index (κ3) is 1.64. The molecule has 1 aliphatic heterocycles. The molecule has 12 heavy (non-hydrogen) atoms. The molecule has 4 heteroatoms. The number of carbonyl (C=O) groups is 2. The highest BCUT2D eigenvalue weighted by molar-refractivity contribution is 5.90. The van der Waals surface area contributed by atoms with Gasteiger partial charge in [-0.1, -0.05) is 0 Å². The van der Waals surface area contributed by atoms with Crippen LogP contribution in [-0.2, 0) is 9.59 Å². The summed E-state index contributed by atoms with van der Waals surface area (Å²) in [6.07, 6.45) is 1.04. The van der Waals surface area contributed by atoms with Gasteiger partial charge in [0.2, 0.25) is 5.91 Å². The van der Waals surface area contributed by atoms with E-state index in [1.165, 1.54) is 11.8 Å². The van der Waals surface area contributed by atoms with Crippen LogP contribution in [0.1, 0.15) is 19.8 Å². The van der Waals surface area contributed by atoms with Crippen molar-refractivity contribution < 1.29 is 14.7 Å². The first-order valence-corrected chi connectivity index (χ1v) is 4.07. The van der Waals surface area contributed by atoms with E-state index in [-0.39, 0.29) is 30.9 Å². The van der Waals surface area contributed by atoms with Crippen LogP contribution in [0.15, 0.2) is 0 Å². The van der Waals surface area contributed by atoms with Gasteiger partial charge in [-0.15, -0.1) is 0 Å². The number of hydrogen-bond acceptors (Lipinski definition) is 3. The molecule has 0 radical (unpaired) electrons. The van der Waals surface area contributed by atoms with Gasteiger partial charge < -0.3 is 10.0 Å². The first-order chi connectivity index (χ1) is 5.66. The topological polar surface area (TPSA) is 57.6 Å². The minimum atomic E-state index is -0.287. The maximum absolute atomic E-state index is 11.1. The van der Waals surface area contributed by atoms with E-state index in [0.29, 0.717) is 12.8 Å². The van der Waals surface area contributed by atoms with Gasteiger partial charge in [0.1, 0.15) is 0 Å². The molecule has 4 nitrogen and oxygen atoms in total. The first-order valence-electron chi connectivity index (χ1n) is 4.07. The average Bonchev–Trinajstić information content (AvgIpc) is 2.34. The van der Waals surface area contributed by atoms with Gasteiger partial charge in [0.15, 0.2) is 5.78 Å². The first kappa shape index (κ1) is 9.19. The minimum Gasteiger partial charge on any atom is -0.395 e. The fourth-order valence-electron chi connectivity index (χ4n) is 1.54. The second-order valence-corrected chi connectivity index (χ2v) is 2.98. The Bertz CT molecular complexity index is 202. The van der Waals surface area contributed by atoms with E-state index in [9.17, 15) is 9.59 Å². The number of β-amino-alcohol motifs (C(OH)–C–C–N with tert-alkyl or cyclic N) is 1. The highest BCUT2D eigenvalue weighted by atomic mass is 16.3. The normalized spacial score (nSPS) is 23.3. The third-order valence-electron chi connectivity index (χ3n) is 2.14. The highest BCUT2D eigenvalue weighted by Gasteiger charge is 2.32. The van der Waals surface area contributed by atoms with Crippen molar-refractivity contribution in [3.05, 3.63) is 0 Å². The van der Waals surface area contributed by atoms with Gasteiger partial charge in [0.05, 0.1) is 12.6 Å². The second kappa shape index (κ2) is 3.67. The van der Waals surface area contributed by atoms with Crippen molar-refractivity contribution in [2.24, 2.45) is 0 Å². The van der Waals surface area contributed by atoms with Crippen LogP contribution in [0.25, 0.3) is 0 Å². The van der Waals surface area contributed by atoms with Gasteiger partial charge >= 0.3 is 0 Å². The molecule has 0 spiro atoms. The number of aliphatic hydroxyl groups excluding tert-OH is 1. The molecule has 0 aromatic rings. The van der Waals surface area contributed by atoms with Crippen molar-refractivity contribution in [2.45, 2.75) is 25.8 Å². The van der Waals surface area contributed by atoms with E-state index >= 15 is 0 Å². The van der Waals surface area contributed by atoms with Crippen LogP contribution < -0.4 is 0 Å². The number of carbonyl (C=O) groups excluding carboxylic acids is 2.